The Bertz CT molecular complexity index is 1750. The molecule has 0 saturated carbocycles. The fourth-order valence-corrected chi connectivity index (χ4v) is 19.5. The summed E-state index contributed by atoms with van der Waals surface area (Å²) in [4.78, 5) is 0. The molecule has 2 heteroatoms. The van der Waals surface area contributed by atoms with Gasteiger partial charge in [0.1, 0.15) is 0 Å². The summed E-state index contributed by atoms with van der Waals surface area (Å²) in [6.07, 6.45) is 7.34. The Morgan fingerprint density at radius 1 is 0.562 bits per heavy atom. The molecule has 0 saturated heterocycles. The van der Waals surface area contributed by atoms with Gasteiger partial charge in [0.05, 0.1) is 0 Å². The summed E-state index contributed by atoms with van der Waals surface area (Å²) < 4.78 is 1.35. The topological polar surface area (TPSA) is 0 Å². The first-order valence-electron chi connectivity index (χ1n) is 18.9. The molecular formula is C46H54SiZr. The third-order valence-corrected chi connectivity index (χ3v) is 20.6. The van der Waals surface area contributed by atoms with Crippen molar-refractivity contribution in [2.75, 3.05) is 0 Å². The molecule has 1 heterocycles. The number of fused-ring (bicyclic) bond motifs is 8. The van der Waals surface area contributed by atoms with Crippen LogP contribution in [0.5, 0.6) is 0 Å². The van der Waals surface area contributed by atoms with Crippen LogP contribution in [0.1, 0.15) is 133 Å². The van der Waals surface area contributed by atoms with Crippen LogP contribution in [0, 0.1) is 0 Å². The maximum atomic E-state index is 2.74. The zero-order valence-electron chi connectivity index (χ0n) is 30.6. The van der Waals surface area contributed by atoms with Gasteiger partial charge in [0, 0.05) is 0 Å². The summed E-state index contributed by atoms with van der Waals surface area (Å²) in [6, 6.07) is 34.1. The Labute approximate surface area is 303 Å². The van der Waals surface area contributed by atoms with E-state index in [2.05, 4.69) is 140 Å². The van der Waals surface area contributed by atoms with E-state index in [1.807, 2.05) is 21.5 Å². The van der Waals surface area contributed by atoms with Gasteiger partial charge < -0.3 is 0 Å². The number of allylic oxidation sites excluding steroid dienone is 2. The summed E-state index contributed by atoms with van der Waals surface area (Å²) in [7, 11) is -2.16. The number of benzene rings is 4. The monoisotopic (exact) mass is 724 g/mol. The van der Waals surface area contributed by atoms with E-state index < -0.39 is 31.3 Å². The summed E-state index contributed by atoms with van der Waals surface area (Å²) in [5.41, 5.74) is 19.1. The SMILES string of the molecule is CCCC1=C2c3c(-c4ccc(C(C)CC)cc4)cccc3[CH]1[Zr][CH]1C(CCC)=C(c3c(-c4ccc(C(C)CC)cc4)cccc31)[Si]2(C)C. The average molecular weight is 726 g/mol. The second-order valence-corrected chi connectivity index (χ2v) is 23.3. The molecule has 4 bridgehead atoms. The molecule has 4 aromatic carbocycles. The van der Waals surface area contributed by atoms with E-state index in [9.17, 15) is 0 Å². The summed E-state index contributed by atoms with van der Waals surface area (Å²) in [5.74, 6) is 1.20. The van der Waals surface area contributed by atoms with Crippen molar-refractivity contribution in [3.8, 4) is 22.3 Å². The first kappa shape index (κ1) is 33.9. The molecule has 4 aromatic rings. The Morgan fingerprint density at radius 2 is 0.958 bits per heavy atom. The zero-order chi connectivity index (χ0) is 33.7. The van der Waals surface area contributed by atoms with E-state index in [1.54, 1.807) is 22.3 Å². The van der Waals surface area contributed by atoms with Crippen molar-refractivity contribution < 1.29 is 23.2 Å². The molecule has 2 aliphatic carbocycles. The van der Waals surface area contributed by atoms with Gasteiger partial charge in [-0.2, -0.15) is 0 Å². The molecule has 0 nitrogen and oxygen atoms in total. The van der Waals surface area contributed by atoms with Crippen molar-refractivity contribution in [3.05, 3.63) is 129 Å². The second kappa shape index (κ2) is 13.6. The van der Waals surface area contributed by atoms with Crippen LogP contribution < -0.4 is 0 Å². The van der Waals surface area contributed by atoms with Gasteiger partial charge in [0.15, 0.2) is 0 Å². The van der Waals surface area contributed by atoms with Gasteiger partial charge in [-0.3, -0.25) is 0 Å². The third-order valence-electron chi connectivity index (χ3n) is 12.1. The number of hydrogen-bond acceptors (Lipinski definition) is 0. The summed E-state index contributed by atoms with van der Waals surface area (Å²) >= 11 is -0.961. The molecule has 48 heavy (non-hydrogen) atoms. The van der Waals surface area contributed by atoms with Crippen LogP contribution in [-0.2, 0) is 23.2 Å². The molecular weight excluding hydrogens is 672 g/mol. The Kier molecular flexibility index (Phi) is 9.64. The van der Waals surface area contributed by atoms with Gasteiger partial charge in [-0.05, 0) is 0 Å². The van der Waals surface area contributed by atoms with E-state index in [0.717, 1.165) is 0 Å². The van der Waals surface area contributed by atoms with Crippen molar-refractivity contribution in [1.29, 1.82) is 0 Å². The minimum absolute atomic E-state index is 0.601. The summed E-state index contributed by atoms with van der Waals surface area (Å²) in [5, 5.41) is 3.62. The molecule has 0 N–H and O–H groups in total. The van der Waals surface area contributed by atoms with Crippen LogP contribution in [0.3, 0.4) is 0 Å². The van der Waals surface area contributed by atoms with Crippen LogP contribution in [0.4, 0.5) is 0 Å². The molecule has 3 aliphatic rings. The van der Waals surface area contributed by atoms with Crippen molar-refractivity contribution in [1.82, 2.24) is 0 Å². The second-order valence-electron chi connectivity index (χ2n) is 15.4. The minimum atomic E-state index is -2.16. The van der Waals surface area contributed by atoms with E-state index >= 15 is 0 Å². The predicted octanol–water partition coefficient (Wildman–Crippen LogP) is 13.8. The van der Waals surface area contributed by atoms with Gasteiger partial charge in [-0.1, -0.05) is 0 Å². The van der Waals surface area contributed by atoms with Gasteiger partial charge >= 0.3 is 306 Å². The fraction of sp³-hybridized carbons (Fsp3) is 0.391. The molecule has 0 radical (unpaired) electrons. The van der Waals surface area contributed by atoms with E-state index in [0.29, 0.717) is 19.1 Å². The van der Waals surface area contributed by atoms with Gasteiger partial charge in [0.25, 0.3) is 0 Å². The molecule has 0 fully saturated rings. The maximum absolute atomic E-state index is 2.74. The van der Waals surface area contributed by atoms with E-state index in [-0.39, 0.29) is 0 Å². The first-order chi connectivity index (χ1) is 23.2. The molecule has 246 valence electrons. The molecule has 4 atom stereocenters. The quantitative estimate of drug-likeness (QED) is 0.143. The van der Waals surface area contributed by atoms with Crippen molar-refractivity contribution in [2.24, 2.45) is 0 Å². The fourth-order valence-electron chi connectivity index (χ4n) is 9.28. The molecule has 4 unspecified atom stereocenters. The number of rotatable bonds is 10. The Balaban J connectivity index is 1.45. The molecule has 1 aliphatic heterocycles. The number of hydrogen-bond donors (Lipinski definition) is 0. The van der Waals surface area contributed by atoms with Crippen molar-refractivity contribution in [3.63, 3.8) is 0 Å². The molecule has 0 amide bonds. The first-order valence-corrected chi connectivity index (χ1v) is 24.8. The van der Waals surface area contributed by atoms with Crippen LogP contribution in [0.25, 0.3) is 32.6 Å². The van der Waals surface area contributed by atoms with Crippen molar-refractivity contribution in [2.45, 2.75) is 112 Å². The summed E-state index contributed by atoms with van der Waals surface area (Å²) in [6.45, 7) is 19.6. The van der Waals surface area contributed by atoms with Gasteiger partial charge in [-0.15, -0.1) is 0 Å². The molecule has 7 rings (SSSR count). The van der Waals surface area contributed by atoms with Crippen LogP contribution in [0.2, 0.25) is 13.1 Å². The van der Waals surface area contributed by atoms with E-state index in [1.165, 1.54) is 71.9 Å². The van der Waals surface area contributed by atoms with Crippen LogP contribution >= 0.6 is 0 Å². The van der Waals surface area contributed by atoms with Crippen LogP contribution in [-0.4, -0.2) is 8.07 Å². The van der Waals surface area contributed by atoms with Gasteiger partial charge in [0.2, 0.25) is 0 Å². The van der Waals surface area contributed by atoms with Crippen LogP contribution in [0.15, 0.2) is 96.1 Å². The third kappa shape index (κ3) is 5.49. The van der Waals surface area contributed by atoms with E-state index in [4.69, 9.17) is 0 Å². The standard InChI is InChI=1S/C46H54Si.Zr/c1-9-15-39-29-37-17-13-19-41(35-25-21-33(22-26-35)31(5)11-3)43(37)45(39)47(7,8)46-40(16-10-2)30-38-18-14-20-42(44(38)46)36-27-23-34(24-28-36)32(6)12-4;/h13-14,17-32H,9-12,15-16H2,1-8H3;. The Hall–Kier alpha value is -2.54. The zero-order valence-corrected chi connectivity index (χ0v) is 34.1. The van der Waals surface area contributed by atoms with Crippen molar-refractivity contribution >= 4 is 18.5 Å². The average Bonchev–Trinajstić information content (AvgIpc) is 3.62. The van der Waals surface area contributed by atoms with Gasteiger partial charge in [-0.25, -0.2) is 0 Å². The predicted molar refractivity (Wildman–Crippen MR) is 208 cm³/mol. The molecule has 0 spiro atoms. The normalized spacial score (nSPS) is 20.2. The molecule has 0 aromatic heterocycles. The Morgan fingerprint density at radius 3 is 1.31 bits per heavy atom.